The van der Waals surface area contributed by atoms with E-state index in [-0.39, 0.29) is 6.71 Å². The minimum absolute atomic E-state index is 0.211. The molecule has 0 atom stereocenters. The normalized spacial score (nSPS) is 15.2. The van der Waals surface area contributed by atoms with Gasteiger partial charge in [0.15, 0.2) is 10.6 Å². The number of pyridine rings is 1. The zero-order valence-corrected chi connectivity index (χ0v) is 16.3. The quantitative estimate of drug-likeness (QED) is 0.482. The Morgan fingerprint density at radius 1 is 1.11 bits per heavy atom. The van der Waals surface area contributed by atoms with E-state index in [1.54, 1.807) is 11.3 Å². The summed E-state index contributed by atoms with van der Waals surface area (Å²) in [5.41, 5.74) is 4.29. The highest BCUT2D eigenvalue weighted by molar-refractivity contribution is 7.20. The van der Waals surface area contributed by atoms with Gasteiger partial charge in [-0.15, -0.1) is 0 Å². The van der Waals surface area contributed by atoms with Crippen molar-refractivity contribution >= 4 is 28.7 Å². The van der Waals surface area contributed by atoms with Crippen molar-refractivity contribution in [3.63, 3.8) is 0 Å². The van der Waals surface area contributed by atoms with Gasteiger partial charge in [-0.25, -0.2) is 15.2 Å². The number of fused-ring (bicyclic) bond motifs is 2. The molecule has 0 amide bonds. The fraction of sp³-hybridized carbons (Fsp3) is 0.300. The highest BCUT2D eigenvalue weighted by Gasteiger charge is 2.27. The molecule has 0 aromatic carbocycles. The Balaban J connectivity index is 1.48. The topological polar surface area (TPSA) is 82.2 Å². The number of hydrogen-bond donors (Lipinski definition) is 0. The van der Waals surface area contributed by atoms with Gasteiger partial charge in [-0.05, 0) is 13.0 Å². The largest absolute Gasteiger partial charge is 0.305 e. The zero-order chi connectivity index (χ0) is 19.3. The molecule has 5 heterocycles. The molecule has 0 unspecified atom stereocenters. The van der Waals surface area contributed by atoms with Crippen molar-refractivity contribution in [2.24, 2.45) is 0 Å². The summed E-state index contributed by atoms with van der Waals surface area (Å²) in [5.74, 6) is 2.85. The van der Waals surface area contributed by atoms with E-state index in [0.717, 1.165) is 52.3 Å². The predicted octanol–water partition coefficient (Wildman–Crippen LogP) is 4.33. The first-order chi connectivity index (χ1) is 13.6. The first-order valence-corrected chi connectivity index (χ1v) is 10.2. The Labute approximate surface area is 166 Å². The average molecular weight is 384 g/mol. The second kappa shape index (κ2) is 6.51. The second-order valence-corrected chi connectivity index (χ2v) is 8.51. The molecule has 136 valence electrons. The van der Waals surface area contributed by atoms with Crippen LogP contribution in [0.15, 0.2) is 30.9 Å². The molecule has 0 N–H and O–H groups in total. The molecule has 0 radical (unpaired) electrons. The molecule has 4 aromatic rings. The monoisotopic (exact) mass is 384 g/mol. The smallest absolute Gasteiger partial charge is 0.267 e. The summed E-state index contributed by atoms with van der Waals surface area (Å²) in [5, 5.41) is 18.6. The molecule has 0 bridgehead atoms. The van der Waals surface area contributed by atoms with Crippen LogP contribution < -0.4 is 0 Å². The summed E-state index contributed by atoms with van der Waals surface area (Å²) in [4.78, 5) is 11.3. The molecule has 5 rings (SSSR count). The summed E-state index contributed by atoms with van der Waals surface area (Å²) in [6, 6.07) is 4.16. The number of aromatic nitrogens is 4. The first kappa shape index (κ1) is 17.0. The third-order valence-corrected chi connectivity index (χ3v) is 6.62. The van der Waals surface area contributed by atoms with E-state index < -0.39 is 0 Å². The van der Waals surface area contributed by atoms with Crippen LogP contribution in [-0.2, 0) is 0 Å². The lowest BCUT2D eigenvalue weighted by Gasteiger charge is -2.21. The van der Waals surface area contributed by atoms with Crippen LogP contribution in [0.5, 0.6) is 0 Å². The molecule has 6 nitrogen and oxygen atoms in total. The van der Waals surface area contributed by atoms with Crippen molar-refractivity contribution < 1.29 is 0 Å². The van der Waals surface area contributed by atoms with Crippen molar-refractivity contribution in [2.75, 3.05) is 0 Å². The maximum atomic E-state index is 9.50. The number of hydrogen-bond acceptors (Lipinski definition) is 5. The van der Waals surface area contributed by atoms with Gasteiger partial charge < -0.3 is 4.40 Å². The molecule has 0 spiro atoms. The number of aryl methyl sites for hydroxylation is 1. The maximum Gasteiger partial charge on any atom is 0.267 e. The van der Waals surface area contributed by atoms with Crippen LogP contribution in [0.3, 0.4) is 0 Å². The molecular formula is C20H17BN6S. The molecule has 1 aliphatic heterocycles. The number of imidazole rings is 2. The van der Waals surface area contributed by atoms with E-state index in [1.807, 2.05) is 29.8 Å². The minimum Gasteiger partial charge on any atom is -0.305 e. The molecule has 0 aliphatic carbocycles. The molecule has 0 saturated carbocycles. The van der Waals surface area contributed by atoms with Gasteiger partial charge in [0.25, 0.3) is 6.71 Å². The van der Waals surface area contributed by atoms with E-state index in [4.69, 9.17) is 10.2 Å². The standard InChI is InChI=1S/C20H17BN6S/c1-13-8-26-9-16(6-15(7-22)19(26)24-13)18-11-27-10-17(25-20(27)28-18)14-2-4-21(12-23)5-3-14/h6,8-11,14H,2-5H2,1H3. The molecular weight excluding hydrogens is 367 g/mol. The summed E-state index contributed by atoms with van der Waals surface area (Å²) in [7, 11) is 0. The number of nitrogens with zero attached hydrogens (tertiary/aromatic N) is 6. The molecule has 4 aromatic heterocycles. The summed E-state index contributed by atoms with van der Waals surface area (Å²) < 4.78 is 4.01. The van der Waals surface area contributed by atoms with Gasteiger partial charge in [0, 0.05) is 42.2 Å². The van der Waals surface area contributed by atoms with Gasteiger partial charge in [0.05, 0.1) is 21.8 Å². The third kappa shape index (κ3) is 2.78. The van der Waals surface area contributed by atoms with E-state index in [2.05, 4.69) is 33.8 Å². The van der Waals surface area contributed by atoms with E-state index in [9.17, 15) is 5.26 Å². The van der Waals surface area contributed by atoms with Crippen LogP contribution in [0.25, 0.3) is 21.0 Å². The van der Waals surface area contributed by atoms with Crippen molar-refractivity contribution in [3.8, 4) is 22.5 Å². The van der Waals surface area contributed by atoms with Crippen LogP contribution in [0, 0.1) is 29.5 Å². The Kier molecular flexibility index (Phi) is 3.96. The molecule has 1 saturated heterocycles. The first-order valence-electron chi connectivity index (χ1n) is 9.42. The van der Waals surface area contributed by atoms with Gasteiger partial charge in [0.2, 0.25) is 0 Å². The van der Waals surface area contributed by atoms with Crippen molar-refractivity contribution in [1.82, 2.24) is 18.8 Å². The Morgan fingerprint density at radius 2 is 1.93 bits per heavy atom. The fourth-order valence-corrected chi connectivity index (χ4v) is 5.05. The summed E-state index contributed by atoms with van der Waals surface area (Å²) >= 11 is 1.63. The Hall–Kier alpha value is -3.10. The van der Waals surface area contributed by atoms with Crippen LogP contribution in [0.4, 0.5) is 0 Å². The molecule has 1 fully saturated rings. The Bertz CT molecular complexity index is 1240. The fourth-order valence-electron chi connectivity index (χ4n) is 4.10. The Morgan fingerprint density at radius 3 is 2.64 bits per heavy atom. The lowest BCUT2D eigenvalue weighted by molar-refractivity contribution is 0.598. The summed E-state index contributed by atoms with van der Waals surface area (Å²) in [6.45, 7) is 2.14. The van der Waals surface area contributed by atoms with E-state index >= 15 is 0 Å². The van der Waals surface area contributed by atoms with Gasteiger partial charge in [-0.3, -0.25) is 4.40 Å². The minimum atomic E-state index is 0.211. The van der Waals surface area contributed by atoms with Gasteiger partial charge in [-0.2, -0.15) is 5.26 Å². The van der Waals surface area contributed by atoms with Crippen molar-refractivity contribution in [1.29, 1.82) is 10.5 Å². The SMILES string of the molecule is Cc1cn2cc(-c3cn4cc(C5CCB(C#N)CC5)nc4s3)cc(C#N)c2n1. The van der Waals surface area contributed by atoms with Gasteiger partial charge in [-0.1, -0.05) is 36.8 Å². The number of rotatable bonds is 2. The van der Waals surface area contributed by atoms with E-state index in [1.165, 1.54) is 0 Å². The number of thiazole rings is 1. The number of nitriles is 2. The lowest BCUT2D eigenvalue weighted by atomic mass is 9.41. The third-order valence-electron chi connectivity index (χ3n) is 5.58. The molecule has 28 heavy (non-hydrogen) atoms. The van der Waals surface area contributed by atoms with Crippen LogP contribution in [-0.4, -0.2) is 25.5 Å². The van der Waals surface area contributed by atoms with Gasteiger partial charge in [0.1, 0.15) is 6.07 Å². The van der Waals surface area contributed by atoms with E-state index in [0.29, 0.717) is 17.1 Å². The molecule has 1 aliphatic rings. The maximum absolute atomic E-state index is 9.50. The van der Waals surface area contributed by atoms with Crippen LogP contribution in [0.2, 0.25) is 12.6 Å². The zero-order valence-electron chi connectivity index (χ0n) is 15.5. The highest BCUT2D eigenvalue weighted by Crippen LogP contribution is 2.35. The summed E-state index contributed by atoms with van der Waals surface area (Å²) in [6.07, 6.45) is 12.2. The van der Waals surface area contributed by atoms with Crippen LogP contribution >= 0.6 is 11.3 Å². The average Bonchev–Trinajstić information content (AvgIpc) is 3.39. The predicted molar refractivity (Wildman–Crippen MR) is 110 cm³/mol. The highest BCUT2D eigenvalue weighted by atomic mass is 32.1. The lowest BCUT2D eigenvalue weighted by Crippen LogP contribution is -2.18. The molecule has 8 heteroatoms. The van der Waals surface area contributed by atoms with Gasteiger partial charge >= 0.3 is 0 Å². The van der Waals surface area contributed by atoms with Crippen molar-refractivity contribution in [2.45, 2.75) is 38.3 Å². The second-order valence-electron chi connectivity index (χ2n) is 7.50. The van der Waals surface area contributed by atoms with Crippen LogP contribution in [0.1, 0.15) is 35.7 Å². The van der Waals surface area contributed by atoms with Crippen molar-refractivity contribution in [3.05, 3.63) is 47.8 Å².